The minimum absolute atomic E-state index is 0.0424. The molecule has 0 saturated carbocycles. The lowest BCUT2D eigenvalue weighted by Crippen LogP contribution is -2.11. The summed E-state index contributed by atoms with van der Waals surface area (Å²) in [6, 6.07) is 20.9. The molecule has 180 valence electrons. The third-order valence-electron chi connectivity index (χ3n) is 5.50. The van der Waals surface area contributed by atoms with Gasteiger partial charge in [0.15, 0.2) is 17.2 Å². The monoisotopic (exact) mass is 489 g/mol. The third kappa shape index (κ3) is 6.11. The number of hydrogen-bond acceptors (Lipinski definition) is 5. The molecule has 0 amide bonds. The molecule has 6 heteroatoms. The summed E-state index contributed by atoms with van der Waals surface area (Å²) in [6.07, 6.45) is 1.68. The minimum atomic E-state index is -0.485. The second-order valence-electron chi connectivity index (χ2n) is 9.22. The molecule has 5 nitrogen and oxygen atoms in total. The minimum Gasteiger partial charge on any atom is -0.490 e. The zero-order valence-corrected chi connectivity index (χ0v) is 21.1. The van der Waals surface area contributed by atoms with Crippen molar-refractivity contribution in [1.82, 2.24) is 0 Å². The summed E-state index contributed by atoms with van der Waals surface area (Å²) in [4.78, 5) is 16.9. The summed E-state index contributed by atoms with van der Waals surface area (Å²) >= 11 is 5.95. The van der Waals surface area contributed by atoms with Crippen LogP contribution in [0.1, 0.15) is 49.9 Å². The van der Waals surface area contributed by atoms with E-state index in [1.807, 2.05) is 73.7 Å². The Labute approximate surface area is 211 Å². The number of carbonyl (C=O) groups is 1. The molecule has 0 spiro atoms. The molecule has 0 N–H and O–H groups in total. The lowest BCUT2D eigenvalue weighted by Gasteiger charge is -2.18. The van der Waals surface area contributed by atoms with Gasteiger partial charge in [-0.25, -0.2) is 9.79 Å². The predicted molar refractivity (Wildman–Crippen MR) is 139 cm³/mol. The summed E-state index contributed by atoms with van der Waals surface area (Å²) in [5.41, 5.74) is 3.99. The molecule has 0 aliphatic carbocycles. The van der Waals surface area contributed by atoms with E-state index in [1.165, 1.54) is 5.56 Å². The van der Waals surface area contributed by atoms with Crippen LogP contribution in [0, 0.1) is 0 Å². The molecule has 0 atom stereocenters. The van der Waals surface area contributed by atoms with Gasteiger partial charge in [0.2, 0.25) is 5.90 Å². The standard InChI is InChI=1S/C29H28ClNO4/c1-5-33-26-17-20(8-15-25(26)34-18-19-6-13-23(30)14-7-19)16-24-28(32)35-27(31-24)21-9-11-22(12-10-21)29(2,3)4/h6-17H,5,18H2,1-4H3/b24-16-. The largest absolute Gasteiger partial charge is 0.490 e. The Morgan fingerprint density at radius 2 is 1.66 bits per heavy atom. The average Bonchev–Trinajstić information content (AvgIpc) is 3.19. The van der Waals surface area contributed by atoms with Crippen LogP contribution in [0.4, 0.5) is 0 Å². The average molecular weight is 490 g/mol. The number of esters is 1. The van der Waals surface area contributed by atoms with Crippen molar-refractivity contribution in [2.45, 2.75) is 39.7 Å². The topological polar surface area (TPSA) is 57.1 Å². The van der Waals surface area contributed by atoms with E-state index in [-0.39, 0.29) is 11.1 Å². The second kappa shape index (κ2) is 10.4. The molecule has 0 unspecified atom stereocenters. The second-order valence-corrected chi connectivity index (χ2v) is 9.65. The van der Waals surface area contributed by atoms with Gasteiger partial charge in [-0.15, -0.1) is 0 Å². The van der Waals surface area contributed by atoms with Crippen LogP contribution in [0.15, 0.2) is 77.4 Å². The summed E-state index contributed by atoms with van der Waals surface area (Å²) in [5, 5.41) is 0.680. The Kier molecular flexibility index (Phi) is 7.27. The van der Waals surface area contributed by atoms with E-state index in [0.717, 1.165) is 16.7 Å². The van der Waals surface area contributed by atoms with E-state index >= 15 is 0 Å². The lowest BCUT2D eigenvalue weighted by molar-refractivity contribution is -0.129. The van der Waals surface area contributed by atoms with Gasteiger partial charge in [-0.2, -0.15) is 0 Å². The molecule has 1 aliphatic heterocycles. The SMILES string of the molecule is CCOc1cc(/C=C2\N=C(c3ccc(C(C)(C)C)cc3)OC2=O)ccc1OCc1ccc(Cl)cc1. The number of ether oxygens (including phenoxy) is 3. The Bertz CT molecular complexity index is 1270. The molecule has 3 aromatic rings. The number of benzene rings is 3. The van der Waals surface area contributed by atoms with Gasteiger partial charge in [0.1, 0.15) is 6.61 Å². The van der Waals surface area contributed by atoms with Crippen LogP contribution in [0.2, 0.25) is 5.02 Å². The molecular formula is C29H28ClNO4. The Morgan fingerprint density at radius 1 is 0.943 bits per heavy atom. The van der Waals surface area contributed by atoms with E-state index in [4.69, 9.17) is 25.8 Å². The Balaban J connectivity index is 1.53. The van der Waals surface area contributed by atoms with Gasteiger partial charge in [-0.05, 0) is 71.5 Å². The molecule has 0 bridgehead atoms. The highest BCUT2D eigenvalue weighted by molar-refractivity contribution is 6.30. The summed E-state index contributed by atoms with van der Waals surface area (Å²) in [6.45, 7) is 9.23. The number of aliphatic imine (C=N–C) groups is 1. The molecule has 0 aromatic heterocycles. The first-order valence-electron chi connectivity index (χ1n) is 11.5. The highest BCUT2D eigenvalue weighted by Gasteiger charge is 2.25. The fraction of sp³-hybridized carbons (Fsp3) is 0.241. The van der Waals surface area contributed by atoms with Crippen LogP contribution in [0.25, 0.3) is 6.08 Å². The highest BCUT2D eigenvalue weighted by Crippen LogP contribution is 2.31. The van der Waals surface area contributed by atoms with Crippen molar-refractivity contribution in [2.24, 2.45) is 4.99 Å². The molecule has 3 aromatic carbocycles. The van der Waals surface area contributed by atoms with Gasteiger partial charge >= 0.3 is 5.97 Å². The normalized spacial score (nSPS) is 14.6. The van der Waals surface area contributed by atoms with Crippen molar-refractivity contribution in [3.8, 4) is 11.5 Å². The molecule has 1 aliphatic rings. The van der Waals surface area contributed by atoms with Crippen LogP contribution in [0.5, 0.6) is 11.5 Å². The molecule has 0 saturated heterocycles. The maximum Gasteiger partial charge on any atom is 0.363 e. The fourth-order valence-electron chi connectivity index (χ4n) is 3.55. The van der Waals surface area contributed by atoms with Crippen molar-refractivity contribution < 1.29 is 19.0 Å². The van der Waals surface area contributed by atoms with Crippen LogP contribution >= 0.6 is 11.6 Å². The number of carbonyl (C=O) groups excluding carboxylic acids is 1. The van der Waals surface area contributed by atoms with E-state index in [0.29, 0.717) is 35.6 Å². The summed E-state index contributed by atoms with van der Waals surface area (Å²) < 4.78 is 17.2. The smallest absolute Gasteiger partial charge is 0.363 e. The maximum absolute atomic E-state index is 12.5. The van der Waals surface area contributed by atoms with Crippen molar-refractivity contribution >= 4 is 29.5 Å². The molecule has 4 rings (SSSR count). The van der Waals surface area contributed by atoms with Crippen LogP contribution in [0.3, 0.4) is 0 Å². The molecule has 0 fully saturated rings. The van der Waals surface area contributed by atoms with Crippen molar-refractivity contribution in [2.75, 3.05) is 6.61 Å². The quantitative estimate of drug-likeness (QED) is 0.266. The van der Waals surface area contributed by atoms with Gasteiger partial charge in [0, 0.05) is 10.6 Å². The summed E-state index contributed by atoms with van der Waals surface area (Å²) in [5.74, 6) is 1.01. The van der Waals surface area contributed by atoms with E-state index in [9.17, 15) is 4.79 Å². The number of nitrogens with zero attached hydrogens (tertiary/aromatic N) is 1. The van der Waals surface area contributed by atoms with E-state index in [2.05, 4.69) is 25.8 Å². The first kappa shape index (κ1) is 24.6. The van der Waals surface area contributed by atoms with Crippen molar-refractivity contribution in [3.63, 3.8) is 0 Å². The molecule has 1 heterocycles. The van der Waals surface area contributed by atoms with E-state index in [1.54, 1.807) is 6.08 Å². The van der Waals surface area contributed by atoms with Crippen LogP contribution in [-0.4, -0.2) is 18.5 Å². The van der Waals surface area contributed by atoms with Gasteiger partial charge in [-0.3, -0.25) is 0 Å². The summed E-state index contributed by atoms with van der Waals surface area (Å²) in [7, 11) is 0. The van der Waals surface area contributed by atoms with Gasteiger partial charge in [0.05, 0.1) is 6.61 Å². The van der Waals surface area contributed by atoms with Gasteiger partial charge < -0.3 is 14.2 Å². The first-order chi connectivity index (χ1) is 16.7. The van der Waals surface area contributed by atoms with Gasteiger partial charge in [0.25, 0.3) is 0 Å². The predicted octanol–water partition coefficient (Wildman–Crippen LogP) is 6.96. The third-order valence-corrected chi connectivity index (χ3v) is 5.75. The molecule has 0 radical (unpaired) electrons. The molecule has 35 heavy (non-hydrogen) atoms. The number of halogens is 1. The number of hydrogen-bond donors (Lipinski definition) is 0. The lowest BCUT2D eigenvalue weighted by atomic mass is 9.87. The van der Waals surface area contributed by atoms with Crippen molar-refractivity contribution in [3.05, 3.63) is 99.7 Å². The number of rotatable bonds is 7. The first-order valence-corrected chi connectivity index (χ1v) is 11.9. The fourth-order valence-corrected chi connectivity index (χ4v) is 3.67. The van der Waals surface area contributed by atoms with Crippen molar-refractivity contribution in [1.29, 1.82) is 0 Å². The Hall–Kier alpha value is -3.57. The zero-order valence-electron chi connectivity index (χ0n) is 20.3. The Morgan fingerprint density at radius 3 is 2.31 bits per heavy atom. The van der Waals surface area contributed by atoms with E-state index < -0.39 is 5.97 Å². The molecular weight excluding hydrogens is 462 g/mol. The van der Waals surface area contributed by atoms with Crippen LogP contribution in [-0.2, 0) is 21.6 Å². The maximum atomic E-state index is 12.5. The number of cyclic esters (lactones) is 1. The highest BCUT2D eigenvalue weighted by atomic mass is 35.5. The zero-order chi connectivity index (χ0) is 25.0. The van der Waals surface area contributed by atoms with Crippen LogP contribution < -0.4 is 9.47 Å². The van der Waals surface area contributed by atoms with Gasteiger partial charge in [-0.1, -0.05) is 62.7 Å².